The van der Waals surface area contributed by atoms with E-state index in [-0.39, 0.29) is 5.75 Å². The van der Waals surface area contributed by atoms with E-state index in [1.807, 2.05) is 19.4 Å². The molecule has 5 nitrogen and oxygen atoms in total. The minimum absolute atomic E-state index is 0.184. The number of sulfone groups is 1. The largest absolute Gasteiger partial charge is 0.315 e. The fraction of sp³-hybridized carbons (Fsp3) is 0.750. The van der Waals surface area contributed by atoms with Gasteiger partial charge in [0.05, 0.1) is 16.7 Å². The molecule has 0 spiro atoms. The van der Waals surface area contributed by atoms with Crippen molar-refractivity contribution in [1.29, 1.82) is 0 Å². The summed E-state index contributed by atoms with van der Waals surface area (Å²) in [5.74, 6) is 0.184. The summed E-state index contributed by atoms with van der Waals surface area (Å²) in [4.78, 5) is 0. The Bertz CT molecular complexity index is 472. The Morgan fingerprint density at radius 1 is 1.33 bits per heavy atom. The summed E-state index contributed by atoms with van der Waals surface area (Å²) in [6, 6.07) is 0. The maximum Gasteiger partial charge on any atom is 0.156 e. The second-order valence-corrected chi connectivity index (χ2v) is 8.32. The molecule has 0 radical (unpaired) electrons. The lowest BCUT2D eigenvalue weighted by Gasteiger charge is -2.19. The molecule has 6 heteroatoms. The van der Waals surface area contributed by atoms with Crippen molar-refractivity contribution in [2.24, 2.45) is 7.05 Å². The molecule has 1 N–H and O–H groups in total. The number of nitrogens with one attached hydrogen (secondary N) is 1. The van der Waals surface area contributed by atoms with Crippen molar-refractivity contribution >= 4 is 9.84 Å². The lowest BCUT2D eigenvalue weighted by molar-refractivity contribution is 0.556. The van der Waals surface area contributed by atoms with Crippen LogP contribution in [-0.4, -0.2) is 41.8 Å². The number of nitrogens with zero attached hydrogens (tertiary/aromatic N) is 2. The molecule has 0 amide bonds. The Morgan fingerprint density at radius 2 is 2.00 bits per heavy atom. The molecule has 1 heterocycles. The van der Waals surface area contributed by atoms with Gasteiger partial charge in [-0.2, -0.15) is 5.10 Å². The summed E-state index contributed by atoms with van der Waals surface area (Å²) in [5.41, 5.74) is 1.16. The number of rotatable bonds is 6. The number of aromatic nitrogens is 2. The Hall–Kier alpha value is -0.880. The molecular weight excluding hydrogens is 250 g/mol. The highest BCUT2D eigenvalue weighted by Crippen LogP contribution is 2.15. The van der Waals surface area contributed by atoms with Crippen molar-refractivity contribution in [3.05, 3.63) is 18.0 Å². The average Bonchev–Trinajstić information content (AvgIpc) is 2.62. The van der Waals surface area contributed by atoms with Gasteiger partial charge in [-0.25, -0.2) is 8.42 Å². The van der Waals surface area contributed by atoms with E-state index < -0.39 is 14.6 Å². The van der Waals surface area contributed by atoms with Crippen molar-refractivity contribution in [1.82, 2.24) is 15.1 Å². The quantitative estimate of drug-likeness (QED) is 0.778. The van der Waals surface area contributed by atoms with Gasteiger partial charge < -0.3 is 5.32 Å². The van der Waals surface area contributed by atoms with Gasteiger partial charge in [-0.05, 0) is 39.3 Å². The maximum atomic E-state index is 11.8. The molecule has 0 bridgehead atoms. The van der Waals surface area contributed by atoms with Crippen LogP contribution in [0.25, 0.3) is 0 Å². The third-order valence-electron chi connectivity index (χ3n) is 2.83. The van der Waals surface area contributed by atoms with Crippen molar-refractivity contribution in [2.45, 2.75) is 31.9 Å². The minimum Gasteiger partial charge on any atom is -0.315 e. The molecule has 0 saturated carbocycles. The zero-order valence-electron chi connectivity index (χ0n) is 11.6. The molecule has 0 saturated heterocycles. The molecule has 0 unspecified atom stereocenters. The lowest BCUT2D eigenvalue weighted by atomic mass is 10.2. The highest BCUT2D eigenvalue weighted by molar-refractivity contribution is 7.92. The summed E-state index contributed by atoms with van der Waals surface area (Å²) in [5, 5.41) is 7.24. The molecule has 1 aromatic rings. The zero-order valence-corrected chi connectivity index (χ0v) is 12.4. The van der Waals surface area contributed by atoms with E-state index in [1.165, 1.54) is 0 Å². The van der Waals surface area contributed by atoms with Crippen LogP contribution < -0.4 is 5.32 Å². The van der Waals surface area contributed by atoms with Gasteiger partial charge in [0.15, 0.2) is 9.84 Å². The molecule has 0 aliphatic heterocycles. The molecule has 1 aromatic heterocycles. The number of hydrogen-bond donors (Lipinski definition) is 1. The second-order valence-electron chi connectivity index (χ2n) is 5.45. The Balaban J connectivity index is 2.24. The fourth-order valence-electron chi connectivity index (χ4n) is 1.47. The average molecular weight is 273 g/mol. The van der Waals surface area contributed by atoms with Crippen molar-refractivity contribution in [2.75, 3.05) is 18.8 Å². The fourth-order valence-corrected chi connectivity index (χ4v) is 2.50. The van der Waals surface area contributed by atoms with Crippen LogP contribution in [-0.2, 0) is 23.3 Å². The van der Waals surface area contributed by atoms with Crippen LogP contribution in [0, 0.1) is 0 Å². The van der Waals surface area contributed by atoms with Gasteiger partial charge in [-0.1, -0.05) is 0 Å². The van der Waals surface area contributed by atoms with Gasteiger partial charge in [-0.3, -0.25) is 4.68 Å². The zero-order chi connectivity index (χ0) is 13.8. The van der Waals surface area contributed by atoms with Crippen LogP contribution in [0.5, 0.6) is 0 Å². The van der Waals surface area contributed by atoms with Crippen molar-refractivity contribution < 1.29 is 8.42 Å². The maximum absolute atomic E-state index is 11.8. The monoisotopic (exact) mass is 273 g/mol. The third kappa shape index (κ3) is 4.42. The topological polar surface area (TPSA) is 64.0 Å². The van der Waals surface area contributed by atoms with Crippen LogP contribution in [0.3, 0.4) is 0 Å². The molecule has 104 valence electrons. The van der Waals surface area contributed by atoms with Crippen LogP contribution >= 0.6 is 0 Å². The molecule has 0 aromatic carbocycles. The third-order valence-corrected chi connectivity index (χ3v) is 5.44. The van der Waals surface area contributed by atoms with Crippen molar-refractivity contribution in [3.63, 3.8) is 0 Å². The first-order valence-corrected chi connectivity index (χ1v) is 7.78. The Morgan fingerprint density at radius 3 is 2.50 bits per heavy atom. The van der Waals surface area contributed by atoms with E-state index in [4.69, 9.17) is 0 Å². The van der Waals surface area contributed by atoms with Gasteiger partial charge in [0, 0.05) is 19.8 Å². The summed E-state index contributed by atoms with van der Waals surface area (Å²) < 4.78 is 24.8. The van der Waals surface area contributed by atoms with Gasteiger partial charge in [0.1, 0.15) is 0 Å². The normalized spacial score (nSPS) is 12.9. The Kier molecular flexibility index (Phi) is 4.92. The predicted molar refractivity (Wildman–Crippen MR) is 73.3 cm³/mol. The van der Waals surface area contributed by atoms with Gasteiger partial charge in [0.2, 0.25) is 0 Å². The van der Waals surface area contributed by atoms with Crippen LogP contribution in [0.15, 0.2) is 12.4 Å². The van der Waals surface area contributed by atoms with Crippen LogP contribution in [0.1, 0.15) is 26.3 Å². The molecule has 0 aliphatic rings. The van der Waals surface area contributed by atoms with E-state index >= 15 is 0 Å². The number of hydrogen-bond acceptors (Lipinski definition) is 4. The van der Waals surface area contributed by atoms with Crippen molar-refractivity contribution in [3.8, 4) is 0 Å². The summed E-state index contributed by atoms with van der Waals surface area (Å²) in [6.45, 7) is 6.47. The van der Waals surface area contributed by atoms with E-state index in [0.29, 0.717) is 6.54 Å². The predicted octanol–water partition coefficient (Wildman–Crippen LogP) is 0.766. The molecule has 1 rings (SSSR count). The molecule has 0 aliphatic carbocycles. The minimum atomic E-state index is -3.02. The van der Waals surface area contributed by atoms with E-state index in [1.54, 1.807) is 25.5 Å². The van der Waals surface area contributed by atoms with E-state index in [9.17, 15) is 8.42 Å². The first-order chi connectivity index (χ1) is 8.22. The van der Waals surface area contributed by atoms with E-state index in [0.717, 1.165) is 18.5 Å². The highest BCUT2D eigenvalue weighted by atomic mass is 32.2. The molecule has 18 heavy (non-hydrogen) atoms. The highest BCUT2D eigenvalue weighted by Gasteiger charge is 2.27. The molecule has 0 atom stereocenters. The standard InChI is InChI=1S/C12H23N3O2S/c1-12(2,3)18(16,17)8-7-13-6-5-11-9-14-15(4)10-11/h9-10,13H,5-8H2,1-4H3. The Labute approximate surface area is 109 Å². The van der Waals surface area contributed by atoms with Crippen LogP contribution in [0.2, 0.25) is 0 Å². The smallest absolute Gasteiger partial charge is 0.156 e. The first-order valence-electron chi connectivity index (χ1n) is 6.13. The van der Waals surface area contributed by atoms with E-state index in [2.05, 4.69) is 10.4 Å². The first kappa shape index (κ1) is 15.2. The second kappa shape index (κ2) is 5.84. The SMILES string of the molecule is Cn1cc(CCNCCS(=O)(=O)C(C)(C)C)cn1. The summed E-state index contributed by atoms with van der Waals surface area (Å²) in [6.07, 6.45) is 4.66. The van der Waals surface area contributed by atoms with Gasteiger partial charge >= 0.3 is 0 Å². The molecule has 0 fully saturated rings. The van der Waals surface area contributed by atoms with Gasteiger partial charge in [0.25, 0.3) is 0 Å². The van der Waals surface area contributed by atoms with Crippen LogP contribution in [0.4, 0.5) is 0 Å². The summed E-state index contributed by atoms with van der Waals surface area (Å²) in [7, 11) is -1.14. The molecular formula is C12H23N3O2S. The van der Waals surface area contributed by atoms with Gasteiger partial charge in [-0.15, -0.1) is 0 Å². The summed E-state index contributed by atoms with van der Waals surface area (Å²) >= 11 is 0. The number of aryl methyl sites for hydroxylation is 1. The lowest BCUT2D eigenvalue weighted by Crippen LogP contribution is -2.35.